The van der Waals surface area contributed by atoms with Crippen molar-refractivity contribution in [3.05, 3.63) is 0 Å². The number of rotatable bonds is 0. The van der Waals surface area contributed by atoms with Gasteiger partial charge in [-0.15, -0.1) is 17.0 Å². The molecule has 0 bridgehead atoms. The Hall–Kier alpha value is 0.440. The Morgan fingerprint density at radius 3 is 1.22 bits per heavy atom. The topological polar surface area (TPSA) is 9.23 Å². The first-order valence-electron chi connectivity index (χ1n) is 3.58. The van der Waals surface area contributed by atoms with Gasteiger partial charge in [0.05, 0.1) is 0 Å². The fourth-order valence-corrected chi connectivity index (χ4v) is 0.510. The molecule has 1 nitrogen and oxygen atoms in total. The van der Waals surface area contributed by atoms with Crippen LogP contribution in [0.5, 0.6) is 0 Å². The summed E-state index contributed by atoms with van der Waals surface area (Å²) in [7, 11) is 0. The average Bonchev–Trinajstić information content (AvgIpc) is 2.55. The lowest BCUT2D eigenvalue weighted by atomic mass is 10.4. The summed E-state index contributed by atoms with van der Waals surface area (Å²) in [6.45, 7) is 2.00. The molecule has 0 unspecified atom stereocenters. The molecule has 1 heterocycles. The molecule has 0 spiro atoms. The summed E-state index contributed by atoms with van der Waals surface area (Å²) in [5.41, 5.74) is 0. The quantitative estimate of drug-likeness (QED) is 0.577. The molecule has 0 amide bonds. The average molecular weight is 195 g/mol. The zero-order valence-corrected chi connectivity index (χ0v) is 7.48. The summed E-state index contributed by atoms with van der Waals surface area (Å²) in [5.74, 6) is 0. The van der Waals surface area contributed by atoms with Crippen LogP contribution < -0.4 is 0 Å². The molecule has 1 saturated carbocycles. The van der Waals surface area contributed by atoms with Crippen molar-refractivity contribution in [3.63, 3.8) is 0 Å². The van der Waals surface area contributed by atoms with Crippen molar-refractivity contribution in [2.24, 2.45) is 0 Å². The van der Waals surface area contributed by atoms with Crippen LogP contribution in [0, 0.1) is 0 Å². The second-order valence-corrected chi connectivity index (χ2v) is 2.38. The van der Waals surface area contributed by atoms with Gasteiger partial charge in [0.1, 0.15) is 0 Å². The van der Waals surface area contributed by atoms with Gasteiger partial charge < -0.3 is 4.74 Å². The van der Waals surface area contributed by atoms with Gasteiger partial charge >= 0.3 is 0 Å². The Morgan fingerprint density at radius 2 is 1.11 bits per heavy atom. The van der Waals surface area contributed by atoms with Gasteiger partial charge in [-0.05, 0) is 12.8 Å². The van der Waals surface area contributed by atoms with Crippen LogP contribution in [0.3, 0.4) is 0 Å². The number of hydrogen-bond acceptors (Lipinski definition) is 1. The second kappa shape index (κ2) is 6.56. The van der Waals surface area contributed by atoms with Crippen LogP contribution in [0.15, 0.2) is 0 Å². The molecule has 2 fully saturated rings. The molecular formula is C7H15BrO. The van der Waals surface area contributed by atoms with Gasteiger partial charge in [-0.25, -0.2) is 0 Å². The summed E-state index contributed by atoms with van der Waals surface area (Å²) in [6.07, 6.45) is 7.06. The highest BCUT2D eigenvalue weighted by molar-refractivity contribution is 8.93. The summed E-state index contributed by atoms with van der Waals surface area (Å²) in [5, 5.41) is 0. The monoisotopic (exact) mass is 194 g/mol. The Morgan fingerprint density at radius 1 is 0.667 bits per heavy atom. The predicted octanol–water partition coefficient (Wildman–Crippen LogP) is 2.54. The van der Waals surface area contributed by atoms with Crippen molar-refractivity contribution in [1.29, 1.82) is 0 Å². The molecule has 1 aliphatic carbocycles. The van der Waals surface area contributed by atoms with E-state index in [2.05, 4.69) is 0 Å². The van der Waals surface area contributed by atoms with E-state index in [9.17, 15) is 0 Å². The summed E-state index contributed by atoms with van der Waals surface area (Å²) >= 11 is 0. The standard InChI is InChI=1S/C4H8O.C3H6.BrH/c1-2-4-5-3-1;1-2-3-1;/h1-4H2;1-3H2;1H. The molecule has 0 aromatic carbocycles. The van der Waals surface area contributed by atoms with Crippen LogP contribution in [-0.2, 0) is 4.74 Å². The number of hydrogen-bond donors (Lipinski definition) is 0. The minimum absolute atomic E-state index is 0. The summed E-state index contributed by atoms with van der Waals surface area (Å²) < 4.78 is 4.94. The van der Waals surface area contributed by atoms with E-state index >= 15 is 0 Å². The molecule has 9 heavy (non-hydrogen) atoms. The van der Waals surface area contributed by atoms with Crippen LogP contribution in [0.4, 0.5) is 0 Å². The fraction of sp³-hybridized carbons (Fsp3) is 1.00. The van der Waals surface area contributed by atoms with E-state index in [1.54, 1.807) is 0 Å². The third-order valence-corrected chi connectivity index (χ3v) is 1.18. The molecule has 0 aromatic rings. The van der Waals surface area contributed by atoms with Crippen molar-refractivity contribution in [1.82, 2.24) is 0 Å². The number of ether oxygens (including phenoxy) is 1. The first-order valence-corrected chi connectivity index (χ1v) is 3.58. The van der Waals surface area contributed by atoms with Crippen molar-refractivity contribution >= 4 is 17.0 Å². The Bertz CT molecular complexity index is 40.5. The third-order valence-electron chi connectivity index (χ3n) is 1.18. The largest absolute Gasteiger partial charge is 0.381 e. The molecule has 2 aliphatic rings. The van der Waals surface area contributed by atoms with Crippen molar-refractivity contribution < 1.29 is 4.74 Å². The van der Waals surface area contributed by atoms with E-state index in [0.717, 1.165) is 13.2 Å². The first kappa shape index (κ1) is 9.44. The van der Waals surface area contributed by atoms with Gasteiger partial charge in [-0.3, -0.25) is 0 Å². The van der Waals surface area contributed by atoms with Gasteiger partial charge in [0, 0.05) is 13.2 Å². The van der Waals surface area contributed by atoms with Gasteiger partial charge in [-0.2, -0.15) is 0 Å². The molecule has 2 heteroatoms. The lowest BCUT2D eigenvalue weighted by molar-refractivity contribution is 0.198. The smallest absolute Gasteiger partial charge is 0.0466 e. The molecule has 1 saturated heterocycles. The van der Waals surface area contributed by atoms with Crippen molar-refractivity contribution in [2.45, 2.75) is 32.1 Å². The highest BCUT2D eigenvalue weighted by Gasteiger charge is 1.95. The van der Waals surface area contributed by atoms with Crippen molar-refractivity contribution in [3.8, 4) is 0 Å². The minimum atomic E-state index is 0. The molecule has 0 aromatic heterocycles. The second-order valence-electron chi connectivity index (χ2n) is 2.38. The molecule has 0 N–H and O–H groups in total. The van der Waals surface area contributed by atoms with Crippen LogP contribution in [0.2, 0.25) is 0 Å². The minimum Gasteiger partial charge on any atom is -0.381 e. The SMILES string of the molecule is Br.C1CC1.C1CCOC1. The van der Waals surface area contributed by atoms with Crippen LogP contribution in [0.25, 0.3) is 0 Å². The third kappa shape index (κ3) is 8.44. The summed E-state index contributed by atoms with van der Waals surface area (Å²) in [6, 6.07) is 0. The van der Waals surface area contributed by atoms with Crippen LogP contribution in [-0.4, -0.2) is 13.2 Å². The maximum Gasteiger partial charge on any atom is 0.0466 e. The van der Waals surface area contributed by atoms with Gasteiger partial charge in [-0.1, -0.05) is 19.3 Å². The normalized spacial score (nSPS) is 21.3. The van der Waals surface area contributed by atoms with E-state index in [1.807, 2.05) is 0 Å². The predicted molar refractivity (Wildman–Crippen MR) is 44.2 cm³/mol. The molecule has 0 radical (unpaired) electrons. The van der Waals surface area contributed by atoms with E-state index in [1.165, 1.54) is 32.1 Å². The van der Waals surface area contributed by atoms with Gasteiger partial charge in [0.15, 0.2) is 0 Å². The van der Waals surface area contributed by atoms with Crippen LogP contribution >= 0.6 is 17.0 Å². The highest BCUT2D eigenvalue weighted by Crippen LogP contribution is 2.14. The number of halogens is 1. The van der Waals surface area contributed by atoms with E-state index in [0.29, 0.717) is 0 Å². The lowest BCUT2D eigenvalue weighted by Crippen LogP contribution is -1.74. The molecule has 0 atom stereocenters. The lowest BCUT2D eigenvalue weighted by Gasteiger charge is -1.76. The molecular weight excluding hydrogens is 180 g/mol. The van der Waals surface area contributed by atoms with Crippen LogP contribution in [0.1, 0.15) is 32.1 Å². The fourth-order valence-electron chi connectivity index (χ4n) is 0.510. The van der Waals surface area contributed by atoms with Gasteiger partial charge in [0.25, 0.3) is 0 Å². The van der Waals surface area contributed by atoms with E-state index < -0.39 is 0 Å². The molecule has 1 aliphatic heterocycles. The Balaban J connectivity index is 0.000000140. The Labute approximate surface area is 67.5 Å². The van der Waals surface area contributed by atoms with Gasteiger partial charge in [0.2, 0.25) is 0 Å². The zero-order valence-electron chi connectivity index (χ0n) is 5.77. The zero-order chi connectivity index (χ0) is 5.66. The first-order chi connectivity index (χ1) is 4.00. The summed E-state index contributed by atoms with van der Waals surface area (Å²) in [4.78, 5) is 0. The highest BCUT2D eigenvalue weighted by atomic mass is 79.9. The maximum absolute atomic E-state index is 4.94. The maximum atomic E-state index is 4.94. The van der Waals surface area contributed by atoms with Crippen molar-refractivity contribution in [2.75, 3.05) is 13.2 Å². The van der Waals surface area contributed by atoms with E-state index in [4.69, 9.17) is 4.74 Å². The molecule has 2 rings (SSSR count). The van der Waals surface area contributed by atoms with E-state index in [-0.39, 0.29) is 17.0 Å². The molecule has 56 valence electrons. The Kier molecular flexibility index (Phi) is 6.88.